The molecular formula is C15H19FN2O2. The van der Waals surface area contributed by atoms with Crippen molar-refractivity contribution < 1.29 is 14.3 Å². The average molecular weight is 278 g/mol. The van der Waals surface area contributed by atoms with Gasteiger partial charge < -0.3 is 10.4 Å². The number of anilines is 1. The molecule has 1 saturated heterocycles. The van der Waals surface area contributed by atoms with Gasteiger partial charge in [-0.1, -0.05) is 6.07 Å². The Balaban J connectivity index is 1.49. The standard InChI is InChI=1S/C15H19FN2O2/c1-10-2-5-12(6-13(10)16)17-14(19)7-18-8-15(20,9-18)11-3-4-11/h2,5-6,11,20H,3-4,7-9H2,1H3,(H,17,19). The third kappa shape index (κ3) is 2.69. The van der Waals surface area contributed by atoms with Gasteiger partial charge in [-0.25, -0.2) is 4.39 Å². The summed E-state index contributed by atoms with van der Waals surface area (Å²) in [5.74, 6) is -0.0750. The smallest absolute Gasteiger partial charge is 0.238 e. The number of carbonyl (C=O) groups is 1. The first kappa shape index (κ1) is 13.5. The van der Waals surface area contributed by atoms with Crippen LogP contribution in [0, 0.1) is 18.7 Å². The summed E-state index contributed by atoms with van der Waals surface area (Å²) in [6, 6.07) is 4.65. The highest BCUT2D eigenvalue weighted by molar-refractivity contribution is 5.92. The Labute approximate surface area is 117 Å². The fourth-order valence-corrected chi connectivity index (χ4v) is 2.79. The second-order valence-corrected chi connectivity index (χ2v) is 6.04. The molecule has 0 atom stereocenters. The van der Waals surface area contributed by atoms with Gasteiger partial charge in [0, 0.05) is 18.8 Å². The second-order valence-electron chi connectivity index (χ2n) is 6.04. The largest absolute Gasteiger partial charge is 0.387 e. The van der Waals surface area contributed by atoms with E-state index in [1.165, 1.54) is 6.07 Å². The third-order valence-electron chi connectivity index (χ3n) is 4.15. The lowest BCUT2D eigenvalue weighted by molar-refractivity contribution is -0.132. The van der Waals surface area contributed by atoms with E-state index in [0.717, 1.165) is 12.8 Å². The van der Waals surface area contributed by atoms with Crippen molar-refractivity contribution in [3.63, 3.8) is 0 Å². The summed E-state index contributed by atoms with van der Waals surface area (Å²) in [6.07, 6.45) is 2.19. The summed E-state index contributed by atoms with van der Waals surface area (Å²) < 4.78 is 13.4. The van der Waals surface area contributed by atoms with Crippen molar-refractivity contribution in [3.8, 4) is 0 Å². The monoisotopic (exact) mass is 278 g/mol. The molecule has 1 heterocycles. The first-order valence-corrected chi connectivity index (χ1v) is 6.97. The molecule has 2 fully saturated rings. The molecule has 108 valence electrons. The number of rotatable bonds is 4. The molecule has 1 aromatic rings. The van der Waals surface area contributed by atoms with Gasteiger partial charge in [-0.15, -0.1) is 0 Å². The molecule has 20 heavy (non-hydrogen) atoms. The molecule has 2 N–H and O–H groups in total. The molecule has 4 nitrogen and oxygen atoms in total. The van der Waals surface area contributed by atoms with E-state index in [4.69, 9.17) is 0 Å². The molecule has 3 rings (SSSR count). The number of aliphatic hydroxyl groups is 1. The number of carbonyl (C=O) groups excluding carboxylic acids is 1. The van der Waals surface area contributed by atoms with Crippen molar-refractivity contribution in [3.05, 3.63) is 29.6 Å². The number of aryl methyl sites for hydroxylation is 1. The van der Waals surface area contributed by atoms with Gasteiger partial charge in [-0.3, -0.25) is 9.69 Å². The Bertz CT molecular complexity index is 537. The molecule has 1 aromatic carbocycles. The van der Waals surface area contributed by atoms with E-state index in [-0.39, 0.29) is 18.3 Å². The molecule has 5 heteroatoms. The average Bonchev–Trinajstić information content (AvgIpc) is 3.16. The van der Waals surface area contributed by atoms with Crippen molar-refractivity contribution in [1.82, 2.24) is 4.90 Å². The number of hydrogen-bond acceptors (Lipinski definition) is 3. The maximum absolute atomic E-state index is 13.4. The van der Waals surface area contributed by atoms with Gasteiger partial charge in [-0.2, -0.15) is 0 Å². The molecule has 0 unspecified atom stereocenters. The van der Waals surface area contributed by atoms with E-state index in [0.29, 0.717) is 30.3 Å². The first-order valence-electron chi connectivity index (χ1n) is 6.97. The normalized spacial score (nSPS) is 21.4. The highest BCUT2D eigenvalue weighted by atomic mass is 19.1. The van der Waals surface area contributed by atoms with E-state index in [9.17, 15) is 14.3 Å². The minimum absolute atomic E-state index is 0.175. The van der Waals surface area contributed by atoms with Gasteiger partial charge in [-0.05, 0) is 43.4 Å². The van der Waals surface area contributed by atoms with E-state index in [2.05, 4.69) is 5.32 Å². The Morgan fingerprint density at radius 2 is 2.20 bits per heavy atom. The van der Waals surface area contributed by atoms with Crippen molar-refractivity contribution >= 4 is 11.6 Å². The summed E-state index contributed by atoms with van der Waals surface area (Å²) in [5, 5.41) is 12.8. The van der Waals surface area contributed by atoms with E-state index in [1.807, 2.05) is 4.90 Å². The fraction of sp³-hybridized carbons (Fsp3) is 0.533. The summed E-state index contributed by atoms with van der Waals surface area (Å²) in [4.78, 5) is 13.8. The van der Waals surface area contributed by atoms with Crippen LogP contribution in [0.5, 0.6) is 0 Å². The highest BCUT2D eigenvalue weighted by Crippen LogP contribution is 2.44. The van der Waals surface area contributed by atoms with Gasteiger partial charge in [0.05, 0.1) is 12.1 Å². The maximum atomic E-state index is 13.4. The minimum Gasteiger partial charge on any atom is -0.387 e. The summed E-state index contributed by atoms with van der Waals surface area (Å²) >= 11 is 0. The van der Waals surface area contributed by atoms with Crippen LogP contribution in [0.4, 0.5) is 10.1 Å². The number of likely N-dealkylation sites (tertiary alicyclic amines) is 1. The lowest BCUT2D eigenvalue weighted by atomic mass is 9.89. The molecular weight excluding hydrogens is 259 g/mol. The number of halogens is 1. The van der Waals surface area contributed by atoms with Gasteiger partial charge in [0.2, 0.25) is 5.91 Å². The fourth-order valence-electron chi connectivity index (χ4n) is 2.79. The van der Waals surface area contributed by atoms with Crippen LogP contribution in [0.15, 0.2) is 18.2 Å². The zero-order valence-corrected chi connectivity index (χ0v) is 11.5. The predicted molar refractivity (Wildman–Crippen MR) is 73.9 cm³/mol. The van der Waals surface area contributed by atoms with Crippen LogP contribution < -0.4 is 5.32 Å². The molecule has 1 aliphatic heterocycles. The molecule has 0 radical (unpaired) electrons. The van der Waals surface area contributed by atoms with Crippen molar-refractivity contribution in [1.29, 1.82) is 0 Å². The zero-order valence-electron chi connectivity index (χ0n) is 11.5. The molecule has 1 saturated carbocycles. The quantitative estimate of drug-likeness (QED) is 0.878. The molecule has 2 aliphatic rings. The number of β-amino-alcohol motifs (C(OH)–C–C–N with tert-alkyl or cyclic N) is 1. The second kappa shape index (κ2) is 4.82. The summed E-state index contributed by atoms with van der Waals surface area (Å²) in [7, 11) is 0. The van der Waals surface area contributed by atoms with Gasteiger partial charge in [0.1, 0.15) is 5.82 Å². The minimum atomic E-state index is -0.573. The van der Waals surface area contributed by atoms with Crippen molar-refractivity contribution in [2.24, 2.45) is 5.92 Å². The summed E-state index contributed by atoms with van der Waals surface area (Å²) in [6.45, 7) is 3.05. The highest BCUT2D eigenvalue weighted by Gasteiger charge is 2.51. The Hall–Kier alpha value is -1.46. The van der Waals surface area contributed by atoms with Crippen molar-refractivity contribution in [2.75, 3.05) is 25.0 Å². The van der Waals surface area contributed by atoms with Gasteiger partial charge >= 0.3 is 0 Å². The van der Waals surface area contributed by atoms with Crippen LogP contribution in [-0.4, -0.2) is 41.1 Å². The molecule has 0 aromatic heterocycles. The molecule has 1 aliphatic carbocycles. The number of nitrogens with one attached hydrogen (secondary N) is 1. The van der Waals surface area contributed by atoms with Gasteiger partial charge in [0.15, 0.2) is 0 Å². The maximum Gasteiger partial charge on any atom is 0.238 e. The van der Waals surface area contributed by atoms with Crippen LogP contribution in [0.2, 0.25) is 0 Å². The Morgan fingerprint density at radius 1 is 1.50 bits per heavy atom. The SMILES string of the molecule is Cc1ccc(NC(=O)CN2CC(O)(C3CC3)C2)cc1F. The van der Waals surface area contributed by atoms with Gasteiger partial charge in [0.25, 0.3) is 0 Å². The van der Waals surface area contributed by atoms with Crippen LogP contribution in [0.1, 0.15) is 18.4 Å². The number of nitrogens with zero attached hydrogens (tertiary/aromatic N) is 1. The molecule has 0 spiro atoms. The van der Waals surface area contributed by atoms with Crippen LogP contribution in [0.25, 0.3) is 0 Å². The van der Waals surface area contributed by atoms with E-state index < -0.39 is 5.60 Å². The van der Waals surface area contributed by atoms with E-state index >= 15 is 0 Å². The lowest BCUT2D eigenvalue weighted by Crippen LogP contribution is -2.64. The Morgan fingerprint density at radius 3 is 2.80 bits per heavy atom. The number of amides is 1. The van der Waals surface area contributed by atoms with E-state index in [1.54, 1.807) is 19.1 Å². The Kier molecular flexibility index (Phi) is 3.26. The first-order chi connectivity index (χ1) is 9.46. The predicted octanol–water partition coefficient (Wildman–Crippen LogP) is 1.53. The molecule has 0 bridgehead atoms. The van der Waals surface area contributed by atoms with Crippen LogP contribution in [0.3, 0.4) is 0 Å². The lowest BCUT2D eigenvalue weighted by Gasteiger charge is -2.46. The van der Waals surface area contributed by atoms with Crippen LogP contribution >= 0.6 is 0 Å². The number of hydrogen-bond donors (Lipinski definition) is 2. The summed E-state index contributed by atoms with van der Waals surface area (Å²) in [5.41, 5.74) is 0.451. The van der Waals surface area contributed by atoms with Crippen molar-refractivity contribution in [2.45, 2.75) is 25.4 Å². The number of benzene rings is 1. The topological polar surface area (TPSA) is 52.6 Å². The molecule has 1 amide bonds. The zero-order chi connectivity index (χ0) is 14.3. The third-order valence-corrected chi connectivity index (χ3v) is 4.15. The van der Waals surface area contributed by atoms with Crippen LogP contribution in [-0.2, 0) is 4.79 Å².